The Morgan fingerprint density at radius 3 is 2.48 bits per heavy atom. The topological polar surface area (TPSA) is 70.1 Å². The van der Waals surface area contributed by atoms with Crippen molar-refractivity contribution in [3.8, 4) is 0 Å². The number of primary amides is 1. The molecule has 0 fully saturated rings. The molecule has 3 rings (SSSR count). The van der Waals surface area contributed by atoms with Gasteiger partial charge in [0.05, 0.1) is 24.6 Å². The molecule has 1 aromatic heterocycles. The number of hydrogen-bond acceptors (Lipinski definition) is 3. The summed E-state index contributed by atoms with van der Waals surface area (Å²) >= 11 is 0. The minimum atomic E-state index is -4.37. The van der Waals surface area contributed by atoms with Crippen molar-refractivity contribution in [2.45, 2.75) is 44.7 Å². The van der Waals surface area contributed by atoms with Crippen LogP contribution in [0.5, 0.6) is 0 Å². The van der Waals surface area contributed by atoms with Crippen LogP contribution in [0.2, 0.25) is 0 Å². The molecule has 0 aliphatic rings. The second-order valence-corrected chi connectivity index (χ2v) is 7.29. The van der Waals surface area contributed by atoms with E-state index in [2.05, 4.69) is 4.98 Å². The Hall–Kier alpha value is -3.13. The number of rotatable bonds is 10. The van der Waals surface area contributed by atoms with Crippen LogP contribution in [0.1, 0.15) is 40.0 Å². The number of nitrogens with two attached hydrogens (primary N) is 1. The third-order valence-electron chi connectivity index (χ3n) is 4.92. The van der Waals surface area contributed by atoms with E-state index in [-0.39, 0.29) is 23.8 Å². The van der Waals surface area contributed by atoms with Crippen LogP contribution in [0.25, 0.3) is 0 Å². The van der Waals surface area contributed by atoms with Crippen LogP contribution in [0, 0.1) is 0 Å². The minimum Gasteiger partial charge on any atom is -0.372 e. The number of amides is 1. The van der Waals surface area contributed by atoms with E-state index >= 15 is 0 Å². The number of alkyl halides is 3. The maximum atomic E-state index is 13.2. The lowest BCUT2D eigenvalue weighted by atomic mass is 10.00. The number of imidazole rings is 1. The Balaban J connectivity index is 1.65. The normalized spacial score (nSPS) is 12.6. The predicted octanol–water partition coefficient (Wildman–Crippen LogP) is 4.61. The van der Waals surface area contributed by atoms with Crippen molar-refractivity contribution in [2.24, 2.45) is 5.73 Å². The van der Waals surface area contributed by atoms with Gasteiger partial charge in [0.1, 0.15) is 5.69 Å². The average molecular weight is 431 g/mol. The number of halogens is 3. The van der Waals surface area contributed by atoms with Gasteiger partial charge in [-0.05, 0) is 36.5 Å². The van der Waals surface area contributed by atoms with Crippen LogP contribution in [0.4, 0.5) is 13.2 Å². The largest absolute Gasteiger partial charge is 0.416 e. The van der Waals surface area contributed by atoms with E-state index < -0.39 is 17.6 Å². The first-order valence-corrected chi connectivity index (χ1v) is 9.95. The van der Waals surface area contributed by atoms with Crippen molar-refractivity contribution in [1.82, 2.24) is 9.55 Å². The lowest BCUT2D eigenvalue weighted by Crippen LogP contribution is -2.20. The molecule has 0 aliphatic carbocycles. The Labute approximate surface area is 178 Å². The van der Waals surface area contributed by atoms with Crippen LogP contribution in [-0.2, 0) is 30.5 Å². The van der Waals surface area contributed by atoms with Gasteiger partial charge in [-0.25, -0.2) is 4.98 Å². The van der Waals surface area contributed by atoms with Gasteiger partial charge in [0.25, 0.3) is 5.91 Å². The van der Waals surface area contributed by atoms with Crippen LogP contribution in [-0.4, -0.2) is 21.6 Å². The highest BCUT2D eigenvalue weighted by Crippen LogP contribution is 2.32. The molecule has 2 N–H and O–H groups in total. The second kappa shape index (κ2) is 10.3. The zero-order chi connectivity index (χ0) is 22.3. The van der Waals surface area contributed by atoms with Crippen molar-refractivity contribution >= 4 is 5.91 Å². The highest BCUT2D eigenvalue weighted by Gasteiger charge is 2.32. The van der Waals surface area contributed by atoms with Crippen LogP contribution in [0.3, 0.4) is 0 Å². The summed E-state index contributed by atoms with van der Waals surface area (Å²) in [7, 11) is 0. The Morgan fingerprint density at radius 1 is 1.10 bits per heavy atom. The van der Waals surface area contributed by atoms with Crippen molar-refractivity contribution in [1.29, 1.82) is 0 Å². The Morgan fingerprint density at radius 2 is 1.81 bits per heavy atom. The molecule has 0 saturated heterocycles. The van der Waals surface area contributed by atoms with Crippen LogP contribution >= 0.6 is 0 Å². The van der Waals surface area contributed by atoms with E-state index in [0.717, 1.165) is 11.6 Å². The first kappa shape index (κ1) is 22.6. The molecule has 0 radical (unpaired) electrons. The monoisotopic (exact) mass is 431 g/mol. The second-order valence-electron chi connectivity index (χ2n) is 7.29. The van der Waals surface area contributed by atoms with Gasteiger partial charge in [0.15, 0.2) is 0 Å². The van der Waals surface area contributed by atoms with Gasteiger partial charge in [-0.3, -0.25) is 4.79 Å². The van der Waals surface area contributed by atoms with Crippen molar-refractivity contribution in [2.75, 3.05) is 0 Å². The van der Waals surface area contributed by atoms with Crippen molar-refractivity contribution in [3.05, 3.63) is 89.5 Å². The SMILES string of the molecule is NC(=O)c1cn(C[C@H](CCCc2ccccc2C(F)(F)F)OCc2ccccc2)cn1. The van der Waals surface area contributed by atoms with Gasteiger partial charge in [0.2, 0.25) is 0 Å². The highest BCUT2D eigenvalue weighted by atomic mass is 19.4. The molecular weight excluding hydrogens is 407 g/mol. The number of aryl methyl sites for hydroxylation is 1. The first-order chi connectivity index (χ1) is 14.8. The molecule has 5 nitrogen and oxygen atoms in total. The molecule has 31 heavy (non-hydrogen) atoms. The average Bonchev–Trinajstić information content (AvgIpc) is 3.21. The molecule has 8 heteroatoms. The molecule has 2 aromatic carbocycles. The third kappa shape index (κ3) is 6.68. The standard InChI is InChI=1S/C23H24F3N3O2/c24-23(25,26)20-12-5-4-9-18(20)10-6-11-19(31-15-17-7-2-1-3-8-17)13-29-14-21(22(27)30)28-16-29/h1-5,7-9,12,14,16,19H,6,10-11,13,15H2,(H2,27,30)/t19-/m0/s1. The zero-order valence-electron chi connectivity index (χ0n) is 16.9. The van der Waals surface area contributed by atoms with E-state index in [1.807, 2.05) is 30.3 Å². The summed E-state index contributed by atoms with van der Waals surface area (Å²) in [6.45, 7) is 0.788. The predicted molar refractivity (Wildman–Crippen MR) is 110 cm³/mol. The number of carbonyl (C=O) groups excluding carboxylic acids is 1. The smallest absolute Gasteiger partial charge is 0.372 e. The molecule has 1 atom stereocenters. The van der Waals surface area contributed by atoms with Gasteiger partial charge in [-0.1, -0.05) is 48.5 Å². The molecule has 164 valence electrons. The Kier molecular flexibility index (Phi) is 7.46. The number of nitrogens with zero attached hydrogens (tertiary/aromatic N) is 2. The summed E-state index contributed by atoms with van der Waals surface area (Å²) in [6.07, 6.45) is -0.252. The van der Waals surface area contributed by atoms with Gasteiger partial charge in [-0.2, -0.15) is 13.2 Å². The van der Waals surface area contributed by atoms with E-state index in [4.69, 9.17) is 10.5 Å². The number of carbonyl (C=O) groups is 1. The quantitative estimate of drug-likeness (QED) is 0.510. The lowest BCUT2D eigenvalue weighted by molar-refractivity contribution is -0.138. The lowest BCUT2D eigenvalue weighted by Gasteiger charge is -2.19. The van der Waals surface area contributed by atoms with Gasteiger partial charge < -0.3 is 15.0 Å². The molecule has 0 bridgehead atoms. The molecule has 0 saturated carbocycles. The van der Waals surface area contributed by atoms with E-state index in [1.165, 1.54) is 18.5 Å². The number of ether oxygens (including phenoxy) is 1. The molecule has 0 unspecified atom stereocenters. The maximum Gasteiger partial charge on any atom is 0.416 e. The third-order valence-corrected chi connectivity index (χ3v) is 4.92. The molecule has 0 aliphatic heterocycles. The molecular formula is C23H24F3N3O2. The summed E-state index contributed by atoms with van der Waals surface area (Å²) < 4.78 is 47.4. The maximum absolute atomic E-state index is 13.2. The summed E-state index contributed by atoms with van der Waals surface area (Å²) in [4.78, 5) is 15.2. The van der Waals surface area contributed by atoms with E-state index in [9.17, 15) is 18.0 Å². The summed E-state index contributed by atoms with van der Waals surface area (Å²) in [6, 6.07) is 15.3. The summed E-state index contributed by atoms with van der Waals surface area (Å²) in [5, 5.41) is 0. The van der Waals surface area contributed by atoms with Gasteiger partial charge in [0, 0.05) is 12.7 Å². The number of hydrogen-bond donors (Lipinski definition) is 1. The first-order valence-electron chi connectivity index (χ1n) is 9.95. The summed E-state index contributed by atoms with van der Waals surface area (Å²) in [5.41, 5.74) is 6.07. The number of aromatic nitrogens is 2. The van der Waals surface area contributed by atoms with E-state index in [0.29, 0.717) is 26.0 Å². The molecule has 1 heterocycles. The van der Waals surface area contributed by atoms with Gasteiger partial charge in [-0.15, -0.1) is 0 Å². The molecule has 0 spiro atoms. The number of benzene rings is 2. The zero-order valence-corrected chi connectivity index (χ0v) is 16.9. The van der Waals surface area contributed by atoms with E-state index in [1.54, 1.807) is 16.8 Å². The minimum absolute atomic E-state index is 0.154. The fourth-order valence-corrected chi connectivity index (χ4v) is 3.37. The van der Waals surface area contributed by atoms with Crippen LogP contribution in [0.15, 0.2) is 67.1 Å². The van der Waals surface area contributed by atoms with Crippen molar-refractivity contribution < 1.29 is 22.7 Å². The Bertz CT molecular complexity index is 987. The fourth-order valence-electron chi connectivity index (χ4n) is 3.37. The molecule has 1 amide bonds. The fraction of sp³-hybridized carbons (Fsp3) is 0.304. The van der Waals surface area contributed by atoms with Crippen LogP contribution < -0.4 is 5.73 Å². The highest BCUT2D eigenvalue weighted by molar-refractivity contribution is 5.90. The summed E-state index contributed by atoms with van der Waals surface area (Å²) in [5.74, 6) is -0.621. The van der Waals surface area contributed by atoms with Crippen molar-refractivity contribution in [3.63, 3.8) is 0 Å². The van der Waals surface area contributed by atoms with Gasteiger partial charge >= 0.3 is 6.18 Å². The molecule has 3 aromatic rings.